The van der Waals surface area contributed by atoms with Crippen LogP contribution in [0.5, 0.6) is 0 Å². The van der Waals surface area contributed by atoms with Crippen molar-refractivity contribution in [1.29, 1.82) is 0 Å². The van der Waals surface area contributed by atoms with E-state index in [1.807, 2.05) is 0 Å². The van der Waals surface area contributed by atoms with E-state index in [1.54, 1.807) is 11.5 Å². The Hall–Kier alpha value is -1.60. The number of carbonyl (C=O) groups is 2. The number of hydrogen-bond donors (Lipinski definition) is 2. The summed E-state index contributed by atoms with van der Waals surface area (Å²) in [7, 11) is 0. The Morgan fingerprint density at radius 3 is 2.96 bits per heavy atom. The van der Waals surface area contributed by atoms with Gasteiger partial charge >= 0.3 is 0 Å². The molecular formula is C16H21N3O3S. The minimum absolute atomic E-state index is 0.181. The van der Waals surface area contributed by atoms with Crippen molar-refractivity contribution < 1.29 is 14.7 Å². The number of hydrogen-bond acceptors (Lipinski definition) is 5. The van der Waals surface area contributed by atoms with E-state index in [0.717, 1.165) is 25.6 Å². The molecule has 23 heavy (non-hydrogen) atoms. The molecule has 1 atom stereocenters. The van der Waals surface area contributed by atoms with Gasteiger partial charge in [-0.2, -0.15) is 0 Å². The lowest BCUT2D eigenvalue weighted by atomic mass is 9.99. The van der Waals surface area contributed by atoms with E-state index >= 15 is 0 Å². The van der Waals surface area contributed by atoms with E-state index in [0.29, 0.717) is 12.3 Å². The monoisotopic (exact) mass is 335 g/mol. The molecule has 2 N–H and O–H groups in total. The molecule has 3 aliphatic rings. The standard InChI is InChI=1S/C16H21N3O3S/c1-10-2-6-19(7-3-10)8-5-17-15(21)12-13(20)14-11(4-9-23-14)18-16(12)22/h4,9-10,14,20H,2-3,5-8H2,1H3,(H,17,21). The Bertz CT molecular complexity index is 604. The molecular weight excluding hydrogens is 314 g/mol. The molecule has 6 nitrogen and oxygen atoms in total. The minimum Gasteiger partial charge on any atom is -0.510 e. The van der Waals surface area contributed by atoms with Gasteiger partial charge in [0.2, 0.25) is 0 Å². The van der Waals surface area contributed by atoms with E-state index in [-0.39, 0.29) is 11.3 Å². The predicted molar refractivity (Wildman–Crippen MR) is 90.5 cm³/mol. The molecule has 3 rings (SSSR count). The zero-order valence-electron chi connectivity index (χ0n) is 13.1. The number of aliphatic imine (C=N–C) groups is 1. The van der Waals surface area contributed by atoms with Crippen molar-refractivity contribution in [2.75, 3.05) is 26.2 Å². The summed E-state index contributed by atoms with van der Waals surface area (Å²) >= 11 is 1.34. The number of nitrogens with zero attached hydrogens (tertiary/aromatic N) is 2. The highest BCUT2D eigenvalue weighted by Gasteiger charge is 2.36. The van der Waals surface area contributed by atoms with Gasteiger partial charge < -0.3 is 15.3 Å². The molecule has 1 saturated heterocycles. The summed E-state index contributed by atoms with van der Waals surface area (Å²) in [5.74, 6) is -0.606. The molecule has 3 aliphatic heterocycles. The second-order valence-electron chi connectivity index (χ2n) is 6.20. The van der Waals surface area contributed by atoms with E-state index in [2.05, 4.69) is 22.1 Å². The summed E-state index contributed by atoms with van der Waals surface area (Å²) in [5.41, 5.74) is 0.290. The highest BCUT2D eigenvalue weighted by atomic mass is 32.2. The first kappa shape index (κ1) is 16.3. The highest BCUT2D eigenvalue weighted by Crippen LogP contribution is 2.32. The van der Waals surface area contributed by atoms with E-state index < -0.39 is 17.1 Å². The highest BCUT2D eigenvalue weighted by molar-refractivity contribution is 8.04. The average Bonchev–Trinajstić information content (AvgIpc) is 2.98. The number of thioether (sulfide) groups is 1. The van der Waals surface area contributed by atoms with E-state index in [1.165, 1.54) is 24.6 Å². The smallest absolute Gasteiger partial charge is 0.286 e. The number of piperidine rings is 1. The van der Waals surface area contributed by atoms with Gasteiger partial charge in [-0.1, -0.05) is 6.92 Å². The number of fused-ring (bicyclic) bond motifs is 1. The third-order valence-corrected chi connectivity index (χ3v) is 5.52. The summed E-state index contributed by atoms with van der Waals surface area (Å²) in [6, 6.07) is 0. The number of nitrogens with one attached hydrogen (secondary N) is 1. The first-order chi connectivity index (χ1) is 11.1. The largest absolute Gasteiger partial charge is 0.510 e. The van der Waals surface area contributed by atoms with Crippen LogP contribution in [0.1, 0.15) is 19.8 Å². The van der Waals surface area contributed by atoms with Crippen LogP contribution < -0.4 is 5.32 Å². The van der Waals surface area contributed by atoms with Gasteiger partial charge in [0.1, 0.15) is 16.6 Å². The van der Waals surface area contributed by atoms with Gasteiger partial charge in [0.05, 0.1) is 5.71 Å². The molecule has 0 aliphatic carbocycles. The Morgan fingerprint density at radius 1 is 1.48 bits per heavy atom. The van der Waals surface area contributed by atoms with Gasteiger partial charge in [0, 0.05) is 13.1 Å². The SMILES string of the molecule is CC1CCN(CCNC(=O)C2=C(O)C3SC=CC3=NC2=O)CC1. The number of dihydropyridines is 1. The first-order valence-electron chi connectivity index (χ1n) is 7.95. The maximum Gasteiger partial charge on any atom is 0.286 e. The molecule has 0 radical (unpaired) electrons. The number of rotatable bonds is 4. The topological polar surface area (TPSA) is 82.0 Å². The van der Waals surface area contributed by atoms with Crippen LogP contribution in [0.25, 0.3) is 0 Å². The predicted octanol–water partition coefficient (Wildman–Crippen LogP) is 1.26. The molecule has 0 aromatic carbocycles. The van der Waals surface area contributed by atoms with E-state index in [9.17, 15) is 14.7 Å². The number of aliphatic hydroxyl groups excluding tert-OH is 1. The van der Waals surface area contributed by atoms with Crippen LogP contribution in [0.2, 0.25) is 0 Å². The van der Waals surface area contributed by atoms with Crippen LogP contribution in [0, 0.1) is 5.92 Å². The molecule has 0 aromatic heterocycles. The van der Waals surface area contributed by atoms with Crippen LogP contribution in [-0.2, 0) is 9.59 Å². The first-order valence-corrected chi connectivity index (χ1v) is 8.89. The van der Waals surface area contributed by atoms with Crippen molar-refractivity contribution in [2.24, 2.45) is 10.9 Å². The molecule has 7 heteroatoms. The molecule has 0 aromatic rings. The maximum atomic E-state index is 12.2. The quantitative estimate of drug-likeness (QED) is 0.756. The molecule has 0 saturated carbocycles. The lowest BCUT2D eigenvalue weighted by Gasteiger charge is -2.30. The normalized spacial score (nSPS) is 25.5. The summed E-state index contributed by atoms with van der Waals surface area (Å²) < 4.78 is 0. The lowest BCUT2D eigenvalue weighted by molar-refractivity contribution is -0.122. The molecule has 2 amide bonds. The van der Waals surface area contributed by atoms with Gasteiger partial charge in [0.15, 0.2) is 0 Å². The molecule has 0 spiro atoms. The third-order valence-electron chi connectivity index (χ3n) is 4.49. The maximum absolute atomic E-state index is 12.2. The van der Waals surface area contributed by atoms with Crippen molar-refractivity contribution in [3.63, 3.8) is 0 Å². The van der Waals surface area contributed by atoms with Crippen LogP contribution >= 0.6 is 11.8 Å². The fraction of sp³-hybridized carbons (Fsp3) is 0.562. The Labute approximate surface area is 139 Å². The molecule has 1 unspecified atom stereocenters. The van der Waals surface area contributed by atoms with Crippen molar-refractivity contribution in [3.8, 4) is 0 Å². The summed E-state index contributed by atoms with van der Waals surface area (Å²) in [4.78, 5) is 30.4. The zero-order chi connectivity index (χ0) is 16.4. The van der Waals surface area contributed by atoms with Crippen LogP contribution in [-0.4, -0.2) is 59.0 Å². The molecule has 124 valence electrons. The van der Waals surface area contributed by atoms with E-state index in [4.69, 9.17) is 0 Å². The van der Waals surface area contributed by atoms with Gasteiger partial charge in [-0.25, -0.2) is 4.99 Å². The average molecular weight is 335 g/mol. The summed E-state index contributed by atoms with van der Waals surface area (Å²) in [5, 5.41) is 14.3. The summed E-state index contributed by atoms with van der Waals surface area (Å²) in [6.07, 6.45) is 4.05. The van der Waals surface area contributed by atoms with Crippen LogP contribution in [0.3, 0.4) is 0 Å². The second-order valence-corrected chi connectivity index (χ2v) is 7.22. The third kappa shape index (κ3) is 3.50. The van der Waals surface area contributed by atoms with Crippen LogP contribution in [0.15, 0.2) is 27.8 Å². The number of amides is 2. The zero-order valence-corrected chi connectivity index (χ0v) is 13.9. The fourth-order valence-corrected chi connectivity index (χ4v) is 3.87. The van der Waals surface area contributed by atoms with Crippen molar-refractivity contribution in [3.05, 3.63) is 22.8 Å². The number of aliphatic hydroxyl groups is 1. The molecule has 3 heterocycles. The number of carbonyl (C=O) groups excluding carboxylic acids is 2. The Balaban J connectivity index is 1.54. The number of likely N-dealkylation sites (tertiary alicyclic amines) is 1. The minimum atomic E-state index is -0.662. The Morgan fingerprint density at radius 2 is 2.22 bits per heavy atom. The van der Waals surface area contributed by atoms with Gasteiger partial charge in [-0.05, 0) is 43.3 Å². The lowest BCUT2D eigenvalue weighted by Crippen LogP contribution is -2.41. The van der Waals surface area contributed by atoms with Crippen molar-refractivity contribution >= 4 is 29.3 Å². The Kier molecular flexibility index (Phi) is 4.87. The molecule has 0 bridgehead atoms. The number of allylic oxidation sites excluding steroid dienone is 1. The van der Waals surface area contributed by atoms with Crippen LogP contribution in [0.4, 0.5) is 0 Å². The van der Waals surface area contributed by atoms with Gasteiger partial charge in [-0.3, -0.25) is 9.59 Å². The van der Waals surface area contributed by atoms with Gasteiger partial charge in [0.25, 0.3) is 11.8 Å². The van der Waals surface area contributed by atoms with Crippen molar-refractivity contribution in [2.45, 2.75) is 25.0 Å². The van der Waals surface area contributed by atoms with Gasteiger partial charge in [-0.15, -0.1) is 11.8 Å². The molecule has 1 fully saturated rings. The summed E-state index contributed by atoms with van der Waals surface area (Å²) in [6.45, 7) is 5.57. The second kappa shape index (κ2) is 6.88. The van der Waals surface area contributed by atoms with Crippen molar-refractivity contribution in [1.82, 2.24) is 10.2 Å². The fourth-order valence-electron chi connectivity index (χ4n) is 2.97.